The molecule has 0 rings (SSSR count). The highest BCUT2D eigenvalue weighted by Gasteiger charge is 2.33. The quantitative estimate of drug-likeness (QED) is 0.0929. The molecule has 0 bridgehead atoms. The normalized spacial score (nSPS) is 13.8. The van der Waals surface area contributed by atoms with Crippen LogP contribution in [0.15, 0.2) is 0 Å². The smallest absolute Gasteiger partial charge is 0.481 e. The topological polar surface area (TPSA) is 110 Å². The highest BCUT2D eigenvalue weighted by atomic mass is 35.5. The van der Waals surface area contributed by atoms with Gasteiger partial charge in [0, 0.05) is 5.92 Å². The number of rotatable bonds is 22. The van der Waals surface area contributed by atoms with E-state index in [2.05, 4.69) is 18.6 Å². The van der Waals surface area contributed by atoms with Crippen LogP contribution >= 0.6 is 11.6 Å². The molecule has 2 N–H and O–H groups in total. The summed E-state index contributed by atoms with van der Waals surface area (Å²) in [5, 5.41) is 19.6. The fourth-order valence-electron chi connectivity index (χ4n) is 4.19. The zero-order valence-corrected chi connectivity index (χ0v) is 21.3. The average molecular weight is 493 g/mol. The third-order valence-corrected chi connectivity index (χ3v) is 6.29. The predicted molar refractivity (Wildman–Crippen MR) is 129 cm³/mol. The standard InChI is InChI=1S/C25H45ClO7/c1-3-5-7-9-11-13-15-20(23(27)28)17-21(18-32-25(31)33-19-26)22(24(29)30)16-14-12-10-8-6-4-2/h20-22H,3-19H2,1-2H3,(H,27,28)(H,29,30). The van der Waals surface area contributed by atoms with Crippen LogP contribution in [0.3, 0.4) is 0 Å². The molecule has 0 aromatic carbocycles. The number of aliphatic carboxylic acids is 2. The van der Waals surface area contributed by atoms with Crippen molar-refractivity contribution in [2.45, 2.75) is 110 Å². The molecular formula is C25H45ClO7. The van der Waals surface area contributed by atoms with Crippen LogP contribution in [0, 0.1) is 17.8 Å². The number of alkyl halides is 1. The summed E-state index contributed by atoms with van der Waals surface area (Å²) in [6.07, 6.45) is 12.6. The van der Waals surface area contributed by atoms with E-state index in [1.54, 1.807) is 0 Å². The van der Waals surface area contributed by atoms with Gasteiger partial charge >= 0.3 is 18.1 Å². The molecule has 8 heteroatoms. The predicted octanol–water partition coefficient (Wildman–Crippen LogP) is 7.25. The van der Waals surface area contributed by atoms with Gasteiger partial charge < -0.3 is 19.7 Å². The SMILES string of the molecule is CCCCCCCCC(CC(COC(=O)OCCl)C(CCCCCCCC)C(=O)O)C(=O)O. The average Bonchev–Trinajstić information content (AvgIpc) is 2.77. The van der Waals surface area contributed by atoms with E-state index >= 15 is 0 Å². The van der Waals surface area contributed by atoms with Gasteiger partial charge in [-0.05, 0) is 19.3 Å². The molecule has 0 amide bonds. The molecule has 0 fully saturated rings. The first-order chi connectivity index (χ1) is 15.9. The van der Waals surface area contributed by atoms with Crippen LogP contribution in [0.2, 0.25) is 0 Å². The van der Waals surface area contributed by atoms with Crippen molar-refractivity contribution < 1.29 is 34.1 Å². The molecule has 0 aliphatic rings. The molecule has 0 aliphatic carbocycles. The van der Waals surface area contributed by atoms with Crippen molar-refractivity contribution in [1.82, 2.24) is 0 Å². The summed E-state index contributed by atoms with van der Waals surface area (Å²) >= 11 is 5.38. The van der Waals surface area contributed by atoms with Crippen LogP contribution in [-0.4, -0.2) is 41.0 Å². The van der Waals surface area contributed by atoms with Crippen LogP contribution in [0.5, 0.6) is 0 Å². The fourth-order valence-corrected chi connectivity index (χ4v) is 4.28. The Morgan fingerprint density at radius 3 is 1.73 bits per heavy atom. The first kappa shape index (κ1) is 31.5. The lowest BCUT2D eigenvalue weighted by atomic mass is 9.80. The van der Waals surface area contributed by atoms with Crippen LogP contribution < -0.4 is 0 Å². The number of carboxylic acids is 2. The fraction of sp³-hybridized carbons (Fsp3) is 0.880. The van der Waals surface area contributed by atoms with Crippen molar-refractivity contribution in [2.75, 3.05) is 12.7 Å². The van der Waals surface area contributed by atoms with Gasteiger partial charge in [-0.25, -0.2) is 4.79 Å². The minimum atomic E-state index is -0.980. The van der Waals surface area contributed by atoms with Crippen LogP contribution in [0.1, 0.15) is 110 Å². The van der Waals surface area contributed by atoms with Crippen LogP contribution in [0.4, 0.5) is 4.79 Å². The maximum Gasteiger partial charge on any atom is 0.509 e. The second-order valence-corrected chi connectivity index (χ2v) is 9.12. The highest BCUT2D eigenvalue weighted by molar-refractivity contribution is 6.17. The number of hydrogen-bond acceptors (Lipinski definition) is 5. The number of carbonyl (C=O) groups excluding carboxylic acids is 1. The zero-order valence-electron chi connectivity index (χ0n) is 20.6. The Kier molecular flexibility index (Phi) is 20.1. The van der Waals surface area contributed by atoms with E-state index in [1.807, 2.05) is 0 Å². The molecule has 7 nitrogen and oxygen atoms in total. The van der Waals surface area contributed by atoms with Crippen LogP contribution in [-0.2, 0) is 19.1 Å². The number of halogens is 1. The van der Waals surface area contributed by atoms with Crippen molar-refractivity contribution in [3.63, 3.8) is 0 Å². The zero-order chi connectivity index (χ0) is 24.9. The lowest BCUT2D eigenvalue weighted by Gasteiger charge is -2.26. The van der Waals surface area contributed by atoms with E-state index in [1.165, 1.54) is 12.8 Å². The van der Waals surface area contributed by atoms with E-state index in [4.69, 9.17) is 16.3 Å². The number of carbonyl (C=O) groups is 3. The maximum atomic E-state index is 12.0. The minimum Gasteiger partial charge on any atom is -0.481 e. The van der Waals surface area contributed by atoms with Gasteiger partial charge in [0.05, 0.1) is 18.4 Å². The molecule has 0 heterocycles. The first-order valence-corrected chi connectivity index (χ1v) is 13.2. The monoisotopic (exact) mass is 492 g/mol. The Morgan fingerprint density at radius 1 is 0.727 bits per heavy atom. The van der Waals surface area contributed by atoms with Gasteiger partial charge in [-0.1, -0.05) is 102 Å². The summed E-state index contributed by atoms with van der Waals surface area (Å²) < 4.78 is 9.66. The van der Waals surface area contributed by atoms with E-state index in [0.29, 0.717) is 12.8 Å². The first-order valence-electron chi connectivity index (χ1n) is 12.7. The number of ether oxygens (including phenoxy) is 2. The van der Waals surface area contributed by atoms with Crippen molar-refractivity contribution in [3.05, 3.63) is 0 Å². The van der Waals surface area contributed by atoms with Crippen molar-refractivity contribution in [1.29, 1.82) is 0 Å². The van der Waals surface area contributed by atoms with Gasteiger partial charge in [0.15, 0.2) is 6.07 Å². The van der Waals surface area contributed by atoms with Gasteiger partial charge in [0.25, 0.3) is 0 Å². The molecule has 0 spiro atoms. The molecule has 0 aliphatic heterocycles. The molecule has 3 atom stereocenters. The molecular weight excluding hydrogens is 448 g/mol. The van der Waals surface area contributed by atoms with E-state index in [9.17, 15) is 24.6 Å². The molecule has 33 heavy (non-hydrogen) atoms. The second kappa shape index (κ2) is 21.1. The highest BCUT2D eigenvalue weighted by Crippen LogP contribution is 2.29. The molecule has 0 radical (unpaired) electrons. The summed E-state index contributed by atoms with van der Waals surface area (Å²) in [5.74, 6) is -3.94. The number of hydrogen-bond donors (Lipinski definition) is 2. The van der Waals surface area contributed by atoms with Crippen LogP contribution in [0.25, 0.3) is 0 Å². The summed E-state index contributed by atoms with van der Waals surface area (Å²) in [4.78, 5) is 35.6. The number of carboxylic acid groups (broad SMARTS) is 2. The minimum absolute atomic E-state index is 0.158. The van der Waals surface area contributed by atoms with Crippen molar-refractivity contribution >= 4 is 29.7 Å². The largest absolute Gasteiger partial charge is 0.509 e. The van der Waals surface area contributed by atoms with E-state index in [0.717, 1.165) is 64.2 Å². The van der Waals surface area contributed by atoms with Gasteiger partial charge in [0.1, 0.15) is 0 Å². The third kappa shape index (κ3) is 16.7. The molecule has 0 aromatic rings. The van der Waals surface area contributed by atoms with E-state index in [-0.39, 0.29) is 19.1 Å². The van der Waals surface area contributed by atoms with Gasteiger partial charge in [-0.15, -0.1) is 0 Å². The lowest BCUT2D eigenvalue weighted by Crippen LogP contribution is -2.32. The van der Waals surface area contributed by atoms with Gasteiger partial charge in [-0.3, -0.25) is 9.59 Å². The Bertz CT molecular complexity index is 527. The lowest BCUT2D eigenvalue weighted by molar-refractivity contribution is -0.148. The summed E-state index contributed by atoms with van der Waals surface area (Å²) in [5.41, 5.74) is 0. The molecule has 0 aromatic heterocycles. The van der Waals surface area contributed by atoms with Gasteiger partial charge in [-0.2, -0.15) is 0 Å². The van der Waals surface area contributed by atoms with Crippen molar-refractivity contribution in [3.8, 4) is 0 Å². The Morgan fingerprint density at radius 2 is 1.24 bits per heavy atom. The molecule has 0 saturated carbocycles. The van der Waals surface area contributed by atoms with Gasteiger partial charge in [0.2, 0.25) is 0 Å². The summed E-state index contributed by atoms with van der Waals surface area (Å²) in [6, 6.07) is -0.362. The van der Waals surface area contributed by atoms with E-state index < -0.39 is 35.8 Å². The summed E-state index contributed by atoms with van der Waals surface area (Å²) in [6.45, 7) is 4.10. The Balaban J connectivity index is 5.04. The maximum absolute atomic E-state index is 12.0. The number of unbranched alkanes of at least 4 members (excludes halogenated alkanes) is 10. The second-order valence-electron chi connectivity index (χ2n) is 8.90. The third-order valence-electron chi connectivity index (χ3n) is 6.19. The Labute approximate surface area is 204 Å². The summed E-state index contributed by atoms with van der Waals surface area (Å²) in [7, 11) is 0. The Hall–Kier alpha value is -1.50. The molecule has 3 unspecified atom stereocenters. The molecule has 194 valence electrons. The van der Waals surface area contributed by atoms with Crippen molar-refractivity contribution in [2.24, 2.45) is 17.8 Å². The molecule has 0 saturated heterocycles.